The molecule has 1 fully saturated rings. The Kier molecular flexibility index (Phi) is 10.3. The number of aryl methyl sites for hydroxylation is 1. The molecule has 6 nitrogen and oxygen atoms in total. The smallest absolute Gasteiger partial charge is 0.412 e. The second-order valence-electron chi connectivity index (χ2n) is 11.8. The lowest BCUT2D eigenvalue weighted by Crippen LogP contribution is -2.29. The van der Waals surface area contributed by atoms with Gasteiger partial charge in [0.2, 0.25) is 0 Å². The SMILES string of the molecule is COCCNC(=O)c1cccc(SCc2cccc(-c3ccc(N4CCCCC4)cc3Oc3cc4c([nH]3)C=C(C(F)(F)F)CC4)c2)c1. The largest absolute Gasteiger partial charge is 0.440 e. The van der Waals surface area contributed by atoms with Crippen LogP contribution < -0.4 is 15.0 Å². The van der Waals surface area contributed by atoms with E-state index in [0.717, 1.165) is 58.8 Å². The number of piperidine rings is 1. The third kappa shape index (κ3) is 8.23. The number of fused-ring (bicyclic) bond motifs is 1. The molecule has 3 aromatic carbocycles. The van der Waals surface area contributed by atoms with Crippen LogP contribution in [0.25, 0.3) is 17.2 Å². The van der Waals surface area contributed by atoms with Gasteiger partial charge in [0.05, 0.1) is 6.61 Å². The minimum absolute atomic E-state index is 0.0415. The lowest BCUT2D eigenvalue weighted by atomic mass is 9.97. The second kappa shape index (κ2) is 14.7. The number of carbonyl (C=O) groups is 1. The van der Waals surface area contributed by atoms with Crippen LogP contribution in [0.3, 0.4) is 0 Å². The first-order valence-electron chi connectivity index (χ1n) is 15.9. The Balaban J connectivity index is 1.24. The number of aromatic amines is 1. The Morgan fingerprint density at radius 3 is 2.62 bits per heavy atom. The number of aromatic nitrogens is 1. The molecular weight excluding hydrogens is 623 g/mol. The van der Waals surface area contributed by atoms with Gasteiger partial charge in [0, 0.05) is 77.6 Å². The molecule has 1 aliphatic carbocycles. The summed E-state index contributed by atoms with van der Waals surface area (Å²) in [5, 5.41) is 2.86. The Labute approximate surface area is 277 Å². The van der Waals surface area contributed by atoms with Gasteiger partial charge in [0.15, 0.2) is 5.88 Å². The lowest BCUT2D eigenvalue weighted by Gasteiger charge is -2.29. The number of carbonyl (C=O) groups excluding carboxylic acids is 1. The first kappa shape index (κ1) is 32.8. The summed E-state index contributed by atoms with van der Waals surface area (Å²) in [5.74, 6) is 1.63. The number of rotatable bonds is 11. The number of benzene rings is 3. The molecule has 10 heteroatoms. The highest BCUT2D eigenvalue weighted by molar-refractivity contribution is 7.98. The molecule has 2 heterocycles. The van der Waals surface area contributed by atoms with Crippen LogP contribution in [0.5, 0.6) is 11.6 Å². The van der Waals surface area contributed by atoms with Crippen molar-refractivity contribution in [3.05, 3.63) is 101 Å². The molecule has 2 aliphatic rings. The average molecular weight is 662 g/mol. The van der Waals surface area contributed by atoms with Gasteiger partial charge in [0.25, 0.3) is 5.91 Å². The fraction of sp³-hybridized carbons (Fsp3) is 0.324. The van der Waals surface area contributed by atoms with Crippen molar-refractivity contribution >= 4 is 29.4 Å². The van der Waals surface area contributed by atoms with Crippen LogP contribution in [-0.4, -0.2) is 50.4 Å². The van der Waals surface area contributed by atoms with Crippen molar-refractivity contribution in [2.45, 2.75) is 48.9 Å². The van der Waals surface area contributed by atoms with Crippen molar-refractivity contribution in [3.8, 4) is 22.8 Å². The maximum atomic E-state index is 13.4. The van der Waals surface area contributed by atoms with Crippen LogP contribution in [0.1, 0.15) is 52.9 Å². The summed E-state index contributed by atoms with van der Waals surface area (Å²) in [6.07, 6.45) is 0.608. The highest BCUT2D eigenvalue weighted by Crippen LogP contribution is 2.40. The number of thioether (sulfide) groups is 1. The van der Waals surface area contributed by atoms with E-state index in [4.69, 9.17) is 9.47 Å². The number of H-pyrrole nitrogens is 1. The lowest BCUT2D eigenvalue weighted by molar-refractivity contribution is -0.0931. The van der Waals surface area contributed by atoms with Gasteiger partial charge in [-0.2, -0.15) is 13.2 Å². The number of methoxy groups -OCH3 is 1. The summed E-state index contributed by atoms with van der Waals surface area (Å²) in [4.78, 5) is 18.9. The fourth-order valence-corrected chi connectivity index (χ4v) is 6.91. The first-order valence-corrected chi connectivity index (χ1v) is 16.9. The molecule has 0 spiro atoms. The van der Waals surface area contributed by atoms with Gasteiger partial charge in [-0.3, -0.25) is 4.79 Å². The number of allylic oxidation sites excluding steroid dienone is 1. The summed E-state index contributed by atoms with van der Waals surface area (Å²) in [7, 11) is 1.60. The van der Waals surface area contributed by atoms with Gasteiger partial charge in [-0.15, -0.1) is 11.8 Å². The zero-order chi connectivity index (χ0) is 32.8. The van der Waals surface area contributed by atoms with Gasteiger partial charge >= 0.3 is 6.18 Å². The Hall–Kier alpha value is -4.15. The van der Waals surface area contributed by atoms with Crippen LogP contribution in [0.2, 0.25) is 0 Å². The van der Waals surface area contributed by atoms with E-state index in [9.17, 15) is 18.0 Å². The van der Waals surface area contributed by atoms with Gasteiger partial charge in [0.1, 0.15) is 5.75 Å². The molecule has 0 bridgehead atoms. The maximum Gasteiger partial charge on any atom is 0.412 e. The number of hydrogen-bond acceptors (Lipinski definition) is 5. The van der Waals surface area contributed by atoms with Gasteiger partial charge in [-0.1, -0.05) is 30.3 Å². The number of hydrogen-bond donors (Lipinski definition) is 2. The van der Waals surface area contributed by atoms with Crippen LogP contribution in [0.15, 0.2) is 83.3 Å². The van der Waals surface area contributed by atoms with E-state index in [1.165, 1.54) is 12.5 Å². The maximum absolute atomic E-state index is 13.4. The van der Waals surface area contributed by atoms with E-state index in [2.05, 4.69) is 39.5 Å². The molecule has 0 saturated carbocycles. The summed E-state index contributed by atoms with van der Waals surface area (Å²) < 4.78 is 51.7. The molecule has 246 valence electrons. The molecule has 0 unspecified atom stereocenters. The van der Waals surface area contributed by atoms with Gasteiger partial charge in [-0.05, 0) is 85.2 Å². The van der Waals surface area contributed by atoms with Gasteiger partial charge in [-0.25, -0.2) is 0 Å². The van der Waals surface area contributed by atoms with Crippen LogP contribution in [0.4, 0.5) is 18.9 Å². The van der Waals surface area contributed by atoms with E-state index in [-0.39, 0.29) is 12.3 Å². The van der Waals surface area contributed by atoms with E-state index >= 15 is 0 Å². The molecule has 1 amide bonds. The minimum Gasteiger partial charge on any atom is -0.440 e. The molecular formula is C37H38F3N3O3S. The van der Waals surface area contributed by atoms with Crippen molar-refractivity contribution in [3.63, 3.8) is 0 Å². The van der Waals surface area contributed by atoms with E-state index in [1.807, 2.05) is 42.5 Å². The predicted octanol–water partition coefficient (Wildman–Crippen LogP) is 9.02. The normalized spacial score (nSPS) is 14.8. The molecule has 1 aromatic heterocycles. The third-order valence-electron chi connectivity index (χ3n) is 8.49. The van der Waals surface area contributed by atoms with Crippen molar-refractivity contribution in [2.24, 2.45) is 0 Å². The third-order valence-corrected chi connectivity index (χ3v) is 9.56. The zero-order valence-corrected chi connectivity index (χ0v) is 27.1. The molecule has 1 aliphatic heterocycles. The molecule has 4 aromatic rings. The van der Waals surface area contributed by atoms with E-state index in [1.54, 1.807) is 24.9 Å². The average Bonchev–Trinajstić information content (AvgIpc) is 3.49. The van der Waals surface area contributed by atoms with Crippen LogP contribution in [0, 0.1) is 0 Å². The standard InChI is InChI=1S/C37H38F3N3O3S/c1-45-18-15-41-36(44)28-9-6-10-31(20-28)47-24-25-7-5-8-26(19-25)32-14-13-30(43-16-3-2-4-17-43)23-34(32)46-35-21-27-11-12-29(37(38,39)40)22-33(27)42-35/h5-10,13-14,19-23,42H,2-4,11-12,15-18,24H2,1H3,(H,41,44). The summed E-state index contributed by atoms with van der Waals surface area (Å²) in [6.45, 7) is 2.86. The molecule has 1 saturated heterocycles. The number of anilines is 1. The van der Waals surface area contributed by atoms with E-state index < -0.39 is 11.7 Å². The summed E-state index contributed by atoms with van der Waals surface area (Å²) in [5.41, 5.74) is 5.38. The number of amides is 1. The number of ether oxygens (including phenoxy) is 2. The molecule has 47 heavy (non-hydrogen) atoms. The predicted molar refractivity (Wildman–Crippen MR) is 181 cm³/mol. The van der Waals surface area contributed by atoms with Crippen molar-refractivity contribution < 1.29 is 27.4 Å². The van der Waals surface area contributed by atoms with Crippen molar-refractivity contribution in [1.82, 2.24) is 10.3 Å². The summed E-state index contributed by atoms with van der Waals surface area (Å²) >= 11 is 1.65. The topological polar surface area (TPSA) is 66.6 Å². The Bertz CT molecular complexity index is 1740. The fourth-order valence-electron chi connectivity index (χ4n) is 6.01. The monoisotopic (exact) mass is 661 g/mol. The molecule has 6 rings (SSSR count). The quantitative estimate of drug-likeness (QED) is 0.124. The number of nitrogens with zero attached hydrogens (tertiary/aromatic N) is 1. The number of nitrogens with one attached hydrogen (secondary N) is 2. The van der Waals surface area contributed by atoms with Crippen LogP contribution >= 0.6 is 11.8 Å². The zero-order valence-electron chi connectivity index (χ0n) is 26.3. The molecule has 0 radical (unpaired) electrons. The Morgan fingerprint density at radius 2 is 1.81 bits per heavy atom. The van der Waals surface area contributed by atoms with Crippen LogP contribution in [-0.2, 0) is 16.9 Å². The van der Waals surface area contributed by atoms with Gasteiger partial charge < -0.3 is 24.7 Å². The summed E-state index contributed by atoms with van der Waals surface area (Å²) in [6, 6.07) is 23.9. The second-order valence-corrected chi connectivity index (χ2v) is 12.9. The van der Waals surface area contributed by atoms with E-state index in [0.29, 0.717) is 48.2 Å². The number of alkyl halides is 3. The molecule has 2 N–H and O–H groups in total. The highest BCUT2D eigenvalue weighted by atomic mass is 32.2. The molecule has 0 atom stereocenters. The number of halogens is 3. The Morgan fingerprint density at radius 1 is 0.979 bits per heavy atom. The highest BCUT2D eigenvalue weighted by Gasteiger charge is 2.35. The first-order chi connectivity index (χ1) is 22.8. The minimum atomic E-state index is -4.34. The van der Waals surface area contributed by atoms with Crippen molar-refractivity contribution in [1.29, 1.82) is 0 Å². The van der Waals surface area contributed by atoms with Crippen molar-refractivity contribution in [2.75, 3.05) is 38.3 Å².